The van der Waals surface area contributed by atoms with Crippen LogP contribution in [0.5, 0.6) is 0 Å². The van der Waals surface area contributed by atoms with Crippen LogP contribution in [0.3, 0.4) is 0 Å². The minimum Gasteiger partial charge on any atom is -0.481 e. The fourth-order valence-corrected chi connectivity index (χ4v) is 5.56. The number of pyridine rings is 1. The molecule has 202 valence electrons. The standard InChI is InChI=1S/C26H24Cl2F3N3O4/c1-12-8-19(26(29,30)31)32-24-16(12)10-18(33(24)3)23(37)21-17(27)5-4-15(22(21)28)25(38)34-7-6-14(9-20(35)36)13(2)11-34/h4-5,8,10,13-14H,6-7,9,11H2,1-3H3,(H,35,36)/t13-,14?/m1/s1. The lowest BCUT2D eigenvalue weighted by atomic mass is 9.84. The third-order valence-corrected chi connectivity index (χ3v) is 7.79. The van der Waals surface area contributed by atoms with Crippen molar-refractivity contribution in [3.05, 3.63) is 62.4 Å². The van der Waals surface area contributed by atoms with Gasteiger partial charge in [-0.05, 0) is 55.0 Å². The molecule has 1 amide bonds. The van der Waals surface area contributed by atoms with Crippen molar-refractivity contribution >= 4 is 51.9 Å². The van der Waals surface area contributed by atoms with Crippen molar-refractivity contribution in [3.63, 3.8) is 0 Å². The molecule has 7 nitrogen and oxygen atoms in total. The van der Waals surface area contributed by atoms with Crippen LogP contribution in [0.4, 0.5) is 13.2 Å². The van der Waals surface area contributed by atoms with Gasteiger partial charge in [0.1, 0.15) is 11.3 Å². The van der Waals surface area contributed by atoms with Gasteiger partial charge in [-0.2, -0.15) is 13.2 Å². The first-order valence-corrected chi connectivity index (χ1v) is 12.5. The number of piperidine rings is 1. The molecule has 1 saturated heterocycles. The number of rotatable bonds is 5. The summed E-state index contributed by atoms with van der Waals surface area (Å²) in [5.74, 6) is -2.10. The zero-order valence-corrected chi connectivity index (χ0v) is 22.2. The van der Waals surface area contributed by atoms with Crippen LogP contribution in [-0.2, 0) is 18.0 Å². The highest BCUT2D eigenvalue weighted by atomic mass is 35.5. The van der Waals surface area contributed by atoms with E-state index < -0.39 is 29.5 Å². The fourth-order valence-electron chi connectivity index (χ4n) is 4.94. The van der Waals surface area contributed by atoms with Gasteiger partial charge in [-0.3, -0.25) is 14.4 Å². The molecule has 3 heterocycles. The Morgan fingerprint density at radius 2 is 1.87 bits per heavy atom. The number of aromatic nitrogens is 2. The zero-order chi connectivity index (χ0) is 28.1. The largest absolute Gasteiger partial charge is 0.481 e. The first-order valence-electron chi connectivity index (χ1n) is 11.8. The number of hydrogen-bond acceptors (Lipinski definition) is 4. The molecular weight excluding hydrogens is 546 g/mol. The molecule has 4 rings (SSSR count). The highest BCUT2D eigenvalue weighted by molar-refractivity contribution is 6.42. The maximum atomic E-state index is 13.6. The number of carbonyl (C=O) groups excluding carboxylic acids is 2. The molecule has 38 heavy (non-hydrogen) atoms. The van der Waals surface area contributed by atoms with Crippen LogP contribution >= 0.6 is 23.2 Å². The number of ketones is 1. The van der Waals surface area contributed by atoms with E-state index >= 15 is 0 Å². The van der Waals surface area contributed by atoms with Gasteiger partial charge in [-0.1, -0.05) is 30.1 Å². The van der Waals surface area contributed by atoms with Crippen LogP contribution in [0.1, 0.15) is 57.4 Å². The van der Waals surface area contributed by atoms with Crippen LogP contribution in [0.25, 0.3) is 11.0 Å². The van der Waals surface area contributed by atoms with Crippen LogP contribution in [0, 0.1) is 18.8 Å². The Morgan fingerprint density at radius 3 is 2.47 bits per heavy atom. The topological polar surface area (TPSA) is 92.5 Å². The first-order chi connectivity index (χ1) is 17.7. The van der Waals surface area contributed by atoms with E-state index in [0.717, 1.165) is 6.07 Å². The number of aryl methyl sites for hydroxylation is 2. The number of fused-ring (bicyclic) bond motifs is 1. The zero-order valence-electron chi connectivity index (χ0n) is 20.7. The number of likely N-dealkylation sites (tertiary alicyclic amines) is 1. The number of aliphatic carboxylic acids is 1. The number of carboxylic acids is 1. The number of carboxylic acid groups (broad SMARTS) is 1. The summed E-state index contributed by atoms with van der Waals surface area (Å²) in [5, 5.41) is 9.28. The molecule has 1 aliphatic heterocycles. The average molecular weight is 570 g/mol. The highest BCUT2D eigenvalue weighted by Crippen LogP contribution is 2.35. The van der Waals surface area contributed by atoms with E-state index in [4.69, 9.17) is 28.3 Å². The molecule has 12 heteroatoms. The van der Waals surface area contributed by atoms with E-state index in [-0.39, 0.29) is 50.8 Å². The van der Waals surface area contributed by atoms with E-state index in [0.29, 0.717) is 30.5 Å². The molecule has 1 aliphatic rings. The van der Waals surface area contributed by atoms with Crippen molar-refractivity contribution in [2.75, 3.05) is 13.1 Å². The quantitative estimate of drug-likeness (QED) is 0.380. The summed E-state index contributed by atoms with van der Waals surface area (Å²) in [6.07, 6.45) is -4.12. The Hall–Kier alpha value is -3.11. The third kappa shape index (κ3) is 5.11. The van der Waals surface area contributed by atoms with Gasteiger partial charge in [0.15, 0.2) is 0 Å². The number of carbonyl (C=O) groups is 3. The molecule has 0 spiro atoms. The summed E-state index contributed by atoms with van der Waals surface area (Å²) >= 11 is 12.9. The summed E-state index contributed by atoms with van der Waals surface area (Å²) in [5.41, 5.74) is -0.903. The second kappa shape index (κ2) is 10.2. The Kier molecular flexibility index (Phi) is 7.51. The Morgan fingerprint density at radius 1 is 1.18 bits per heavy atom. The molecule has 0 radical (unpaired) electrons. The SMILES string of the molecule is Cc1cc(C(F)(F)F)nc2c1cc(C(=O)c1c(Cl)ccc(C(=O)N3CCC(CC(=O)O)[C@H](C)C3)c1Cl)n2C. The van der Waals surface area contributed by atoms with Crippen molar-refractivity contribution in [3.8, 4) is 0 Å². The van der Waals surface area contributed by atoms with Gasteiger partial charge in [0.05, 0.1) is 26.9 Å². The van der Waals surface area contributed by atoms with Gasteiger partial charge >= 0.3 is 12.1 Å². The molecule has 3 aromatic rings. The lowest BCUT2D eigenvalue weighted by Gasteiger charge is -2.36. The van der Waals surface area contributed by atoms with Crippen molar-refractivity contribution < 1.29 is 32.7 Å². The number of amides is 1. The molecule has 1 aromatic carbocycles. The van der Waals surface area contributed by atoms with Gasteiger partial charge in [0, 0.05) is 31.9 Å². The normalized spacial score (nSPS) is 18.2. The summed E-state index contributed by atoms with van der Waals surface area (Å²) in [4.78, 5) is 43.3. The summed E-state index contributed by atoms with van der Waals surface area (Å²) in [6, 6.07) is 5.13. The molecule has 1 fully saturated rings. The van der Waals surface area contributed by atoms with Gasteiger partial charge < -0.3 is 14.6 Å². The van der Waals surface area contributed by atoms with Crippen LogP contribution in [-0.4, -0.2) is 50.3 Å². The highest BCUT2D eigenvalue weighted by Gasteiger charge is 2.35. The maximum Gasteiger partial charge on any atom is 0.433 e. The number of benzene rings is 1. The Bertz CT molecular complexity index is 1470. The third-order valence-electron chi connectivity index (χ3n) is 7.08. The lowest BCUT2D eigenvalue weighted by molar-refractivity contribution is -0.141. The van der Waals surface area contributed by atoms with E-state index in [9.17, 15) is 27.6 Å². The number of halogens is 5. The van der Waals surface area contributed by atoms with E-state index in [1.165, 1.54) is 36.7 Å². The summed E-state index contributed by atoms with van der Waals surface area (Å²) in [6.45, 7) is 4.03. The minimum absolute atomic E-state index is 0.00595. The number of nitrogens with zero attached hydrogens (tertiary/aromatic N) is 3. The van der Waals surface area contributed by atoms with E-state index in [2.05, 4.69) is 4.98 Å². The van der Waals surface area contributed by atoms with Gasteiger partial charge in [-0.25, -0.2) is 4.98 Å². The predicted molar refractivity (Wildman–Crippen MR) is 136 cm³/mol. The van der Waals surface area contributed by atoms with Crippen LogP contribution < -0.4 is 0 Å². The van der Waals surface area contributed by atoms with Gasteiger partial charge in [0.25, 0.3) is 5.91 Å². The van der Waals surface area contributed by atoms with Crippen molar-refractivity contribution in [2.45, 2.75) is 32.9 Å². The van der Waals surface area contributed by atoms with E-state index in [1.54, 1.807) is 4.90 Å². The second-order valence-corrected chi connectivity index (χ2v) is 10.4. The average Bonchev–Trinajstić information content (AvgIpc) is 3.16. The summed E-state index contributed by atoms with van der Waals surface area (Å²) < 4.78 is 41.2. The lowest BCUT2D eigenvalue weighted by Crippen LogP contribution is -2.43. The Balaban J connectivity index is 1.69. The van der Waals surface area contributed by atoms with Crippen molar-refractivity contribution in [1.82, 2.24) is 14.5 Å². The Labute approximate surface area is 226 Å². The fraction of sp³-hybridized carbons (Fsp3) is 0.385. The molecule has 1 unspecified atom stereocenters. The second-order valence-electron chi connectivity index (χ2n) is 9.64. The van der Waals surface area contributed by atoms with Gasteiger partial charge in [0.2, 0.25) is 5.78 Å². The van der Waals surface area contributed by atoms with E-state index in [1.807, 2.05) is 6.92 Å². The van der Waals surface area contributed by atoms with Crippen molar-refractivity contribution in [2.24, 2.45) is 18.9 Å². The molecule has 0 saturated carbocycles. The molecular formula is C26H24Cl2F3N3O4. The predicted octanol–water partition coefficient (Wildman–Crippen LogP) is 6.01. The van der Waals surface area contributed by atoms with Gasteiger partial charge in [-0.15, -0.1) is 0 Å². The minimum atomic E-state index is -4.66. The number of hydrogen-bond donors (Lipinski definition) is 1. The molecule has 2 atom stereocenters. The number of alkyl halides is 3. The van der Waals surface area contributed by atoms with Crippen molar-refractivity contribution in [1.29, 1.82) is 0 Å². The monoisotopic (exact) mass is 569 g/mol. The maximum absolute atomic E-state index is 13.6. The molecule has 2 aromatic heterocycles. The van der Waals surface area contributed by atoms with Crippen LogP contribution in [0.2, 0.25) is 10.0 Å². The smallest absolute Gasteiger partial charge is 0.433 e. The van der Waals surface area contributed by atoms with Crippen LogP contribution in [0.15, 0.2) is 24.3 Å². The summed E-state index contributed by atoms with van der Waals surface area (Å²) in [7, 11) is 1.42. The molecule has 0 bridgehead atoms. The molecule has 0 aliphatic carbocycles. The molecule has 1 N–H and O–H groups in total. The first kappa shape index (κ1) is 27.9.